The third kappa shape index (κ3) is 5.19. The number of nitrogens with two attached hydrogens (primary N) is 1. The van der Waals surface area contributed by atoms with Gasteiger partial charge in [0.25, 0.3) is 0 Å². The van der Waals surface area contributed by atoms with Crippen molar-refractivity contribution in [2.24, 2.45) is 11.1 Å². The van der Waals surface area contributed by atoms with Gasteiger partial charge >= 0.3 is 11.9 Å². The van der Waals surface area contributed by atoms with Crippen LogP contribution in [0.25, 0.3) is 0 Å². The van der Waals surface area contributed by atoms with E-state index in [-0.39, 0.29) is 0 Å². The van der Waals surface area contributed by atoms with E-state index in [2.05, 4.69) is 6.92 Å². The van der Waals surface area contributed by atoms with Gasteiger partial charge in [0.2, 0.25) is 0 Å². The second-order valence-electron chi connectivity index (χ2n) is 6.11. The molecule has 0 fully saturated rings. The molecule has 0 saturated carbocycles. The minimum absolute atomic E-state index is 0.496. The van der Waals surface area contributed by atoms with Gasteiger partial charge in [-0.15, -0.1) is 0 Å². The fourth-order valence-corrected chi connectivity index (χ4v) is 1.68. The molecular weight excluding hydrogens is 246 g/mol. The van der Waals surface area contributed by atoms with Crippen LogP contribution in [0.15, 0.2) is 0 Å². The Morgan fingerprint density at radius 2 is 1.74 bits per heavy atom. The molecule has 0 spiro atoms. The summed E-state index contributed by atoms with van der Waals surface area (Å²) in [4.78, 5) is 23.6. The first-order valence-corrected chi connectivity index (χ1v) is 6.78. The molecule has 19 heavy (non-hydrogen) atoms. The lowest BCUT2D eigenvalue weighted by molar-refractivity contribution is -0.177. The highest BCUT2D eigenvalue weighted by Gasteiger charge is 2.49. The Morgan fingerprint density at radius 1 is 1.21 bits per heavy atom. The van der Waals surface area contributed by atoms with Crippen molar-refractivity contribution in [2.75, 3.05) is 0 Å². The number of ether oxygens (including phenoxy) is 1. The van der Waals surface area contributed by atoms with E-state index < -0.39 is 29.0 Å². The Kier molecular flexibility index (Phi) is 6.49. The maximum Gasteiger partial charge on any atom is 0.325 e. The molecule has 112 valence electrons. The molecule has 2 unspecified atom stereocenters. The van der Waals surface area contributed by atoms with Crippen LogP contribution in [0.3, 0.4) is 0 Å². The van der Waals surface area contributed by atoms with Crippen LogP contribution >= 0.6 is 0 Å². The summed E-state index contributed by atoms with van der Waals surface area (Å²) in [6, 6.07) is -0.744. The van der Waals surface area contributed by atoms with Crippen molar-refractivity contribution < 1.29 is 19.4 Å². The topological polar surface area (TPSA) is 89.6 Å². The number of hydrogen-bond donors (Lipinski definition) is 2. The van der Waals surface area contributed by atoms with Crippen LogP contribution in [0.5, 0.6) is 0 Å². The van der Waals surface area contributed by atoms with Gasteiger partial charge in [-0.3, -0.25) is 9.59 Å². The molecule has 5 nitrogen and oxygen atoms in total. The fraction of sp³-hybridized carbons (Fsp3) is 0.857. The molecule has 0 amide bonds. The number of hydrogen-bond acceptors (Lipinski definition) is 4. The Labute approximate surface area is 115 Å². The molecule has 0 aromatic rings. The standard InChI is InChI=1S/C14H27NO4/c1-6-7-8-9-10(15)14(5,11(16)17)12(18)19-13(2,3)4/h10H,6-9,15H2,1-5H3,(H,16,17). The summed E-state index contributed by atoms with van der Waals surface area (Å²) in [7, 11) is 0. The van der Waals surface area contributed by atoms with E-state index in [9.17, 15) is 14.7 Å². The van der Waals surface area contributed by atoms with Crippen molar-refractivity contribution in [1.29, 1.82) is 0 Å². The molecule has 0 aromatic heterocycles. The number of unbranched alkanes of at least 4 members (excludes halogenated alkanes) is 2. The number of carboxylic acids is 1. The Hall–Kier alpha value is -1.10. The highest BCUT2D eigenvalue weighted by molar-refractivity contribution is 5.99. The summed E-state index contributed by atoms with van der Waals surface area (Å²) in [6.45, 7) is 8.51. The number of esters is 1. The van der Waals surface area contributed by atoms with Gasteiger partial charge in [0.15, 0.2) is 5.41 Å². The molecule has 0 aliphatic rings. The zero-order valence-corrected chi connectivity index (χ0v) is 12.7. The molecule has 0 saturated heterocycles. The lowest BCUT2D eigenvalue weighted by atomic mass is 9.80. The van der Waals surface area contributed by atoms with Gasteiger partial charge < -0.3 is 15.6 Å². The third-order valence-corrected chi connectivity index (χ3v) is 3.13. The van der Waals surface area contributed by atoms with Gasteiger partial charge in [-0.1, -0.05) is 26.2 Å². The molecule has 0 aliphatic carbocycles. The Bertz CT molecular complexity index is 322. The maximum absolute atomic E-state index is 12.1. The highest BCUT2D eigenvalue weighted by atomic mass is 16.6. The van der Waals surface area contributed by atoms with Crippen LogP contribution in [-0.4, -0.2) is 28.7 Å². The van der Waals surface area contributed by atoms with Crippen LogP contribution < -0.4 is 5.73 Å². The molecule has 2 atom stereocenters. The van der Waals surface area contributed by atoms with E-state index in [4.69, 9.17) is 10.5 Å². The van der Waals surface area contributed by atoms with Gasteiger partial charge in [-0.25, -0.2) is 0 Å². The quantitative estimate of drug-likeness (QED) is 0.422. The van der Waals surface area contributed by atoms with E-state index >= 15 is 0 Å². The lowest BCUT2D eigenvalue weighted by Crippen LogP contribution is -2.53. The van der Waals surface area contributed by atoms with E-state index in [1.165, 1.54) is 6.92 Å². The van der Waals surface area contributed by atoms with Crippen LogP contribution in [0.2, 0.25) is 0 Å². The first-order chi connectivity index (χ1) is 8.55. The minimum Gasteiger partial charge on any atom is -0.480 e. The number of carbonyl (C=O) groups is 2. The average molecular weight is 273 g/mol. The lowest BCUT2D eigenvalue weighted by Gasteiger charge is -2.32. The van der Waals surface area contributed by atoms with Crippen molar-refractivity contribution in [2.45, 2.75) is 71.9 Å². The second-order valence-corrected chi connectivity index (χ2v) is 6.11. The van der Waals surface area contributed by atoms with Crippen LogP contribution in [0.4, 0.5) is 0 Å². The molecule has 0 bridgehead atoms. The Morgan fingerprint density at radius 3 is 2.11 bits per heavy atom. The van der Waals surface area contributed by atoms with Gasteiger partial charge in [0.1, 0.15) is 5.60 Å². The van der Waals surface area contributed by atoms with Gasteiger partial charge in [-0.05, 0) is 34.1 Å². The molecule has 0 aliphatic heterocycles. The molecule has 0 aromatic carbocycles. The molecular formula is C14H27NO4. The largest absolute Gasteiger partial charge is 0.480 e. The number of aliphatic carboxylic acids is 1. The molecule has 0 radical (unpaired) electrons. The summed E-state index contributed by atoms with van der Waals surface area (Å²) in [5, 5.41) is 9.35. The highest BCUT2D eigenvalue weighted by Crippen LogP contribution is 2.28. The number of carboxylic acid groups (broad SMARTS) is 1. The number of carbonyl (C=O) groups excluding carboxylic acids is 1. The molecule has 0 rings (SSSR count). The van der Waals surface area contributed by atoms with Gasteiger partial charge in [0.05, 0.1) is 0 Å². The van der Waals surface area contributed by atoms with E-state index in [0.29, 0.717) is 6.42 Å². The predicted molar refractivity (Wildman–Crippen MR) is 73.7 cm³/mol. The summed E-state index contributed by atoms with van der Waals surface area (Å²) in [6.07, 6.45) is 3.29. The SMILES string of the molecule is CCCCCC(N)C(C)(C(=O)O)C(=O)OC(C)(C)C. The van der Waals surface area contributed by atoms with Crippen LogP contribution in [0, 0.1) is 5.41 Å². The maximum atomic E-state index is 12.1. The monoisotopic (exact) mass is 273 g/mol. The summed E-state index contributed by atoms with van der Waals surface area (Å²) in [5.74, 6) is -2.00. The number of rotatable bonds is 7. The molecule has 3 N–H and O–H groups in total. The van der Waals surface area contributed by atoms with Gasteiger partial charge in [-0.2, -0.15) is 0 Å². The fourth-order valence-electron chi connectivity index (χ4n) is 1.68. The van der Waals surface area contributed by atoms with Crippen molar-refractivity contribution in [3.05, 3.63) is 0 Å². The predicted octanol–water partition coefficient (Wildman–Crippen LogP) is 2.33. The average Bonchev–Trinajstić information content (AvgIpc) is 2.25. The Balaban J connectivity index is 4.93. The van der Waals surface area contributed by atoms with E-state index in [1.807, 2.05) is 0 Å². The van der Waals surface area contributed by atoms with Crippen molar-refractivity contribution >= 4 is 11.9 Å². The smallest absolute Gasteiger partial charge is 0.325 e. The zero-order chi connectivity index (χ0) is 15.3. The normalized spacial score (nSPS) is 16.5. The molecule has 0 heterocycles. The van der Waals surface area contributed by atoms with Crippen LogP contribution in [0.1, 0.15) is 60.3 Å². The summed E-state index contributed by atoms with van der Waals surface area (Å²) in [5.41, 5.74) is 3.51. The molecule has 5 heteroatoms. The van der Waals surface area contributed by atoms with Crippen molar-refractivity contribution in [3.8, 4) is 0 Å². The van der Waals surface area contributed by atoms with Gasteiger partial charge in [0, 0.05) is 6.04 Å². The second kappa shape index (κ2) is 6.89. The van der Waals surface area contributed by atoms with Crippen LogP contribution in [-0.2, 0) is 14.3 Å². The summed E-state index contributed by atoms with van der Waals surface area (Å²) >= 11 is 0. The third-order valence-electron chi connectivity index (χ3n) is 3.13. The minimum atomic E-state index is -1.69. The first-order valence-electron chi connectivity index (χ1n) is 6.78. The van der Waals surface area contributed by atoms with Crippen molar-refractivity contribution in [1.82, 2.24) is 0 Å². The summed E-state index contributed by atoms with van der Waals surface area (Å²) < 4.78 is 5.19. The zero-order valence-electron chi connectivity index (χ0n) is 12.7. The first kappa shape index (κ1) is 17.9. The van der Waals surface area contributed by atoms with E-state index in [0.717, 1.165) is 19.3 Å². The van der Waals surface area contributed by atoms with Crippen molar-refractivity contribution in [3.63, 3.8) is 0 Å². The van der Waals surface area contributed by atoms with E-state index in [1.54, 1.807) is 20.8 Å².